The van der Waals surface area contributed by atoms with Crippen molar-refractivity contribution in [1.29, 1.82) is 0 Å². The second-order valence-corrected chi connectivity index (χ2v) is 4.26. The lowest BCUT2D eigenvalue weighted by atomic mass is 10.2. The number of hydrogen-bond donors (Lipinski definition) is 0. The summed E-state index contributed by atoms with van der Waals surface area (Å²) >= 11 is 5.66. The molecular formula is C13H6ClF5O. The van der Waals surface area contributed by atoms with Crippen LogP contribution < -0.4 is 4.74 Å². The second kappa shape index (κ2) is 5.28. The van der Waals surface area contributed by atoms with Gasteiger partial charge >= 0.3 is 6.18 Å². The topological polar surface area (TPSA) is 9.23 Å². The SMILES string of the molecule is Fc1cc(C(F)(F)F)cc(F)c1Oc1cccc(Cl)c1. The molecule has 0 heterocycles. The molecular weight excluding hydrogens is 303 g/mol. The largest absolute Gasteiger partial charge is 0.451 e. The van der Waals surface area contributed by atoms with Crippen LogP contribution in [0.25, 0.3) is 0 Å². The van der Waals surface area contributed by atoms with E-state index in [-0.39, 0.29) is 22.9 Å². The van der Waals surface area contributed by atoms with Crippen molar-refractivity contribution < 1.29 is 26.7 Å². The molecule has 7 heteroatoms. The first-order valence-electron chi connectivity index (χ1n) is 5.27. The van der Waals surface area contributed by atoms with E-state index in [0.29, 0.717) is 0 Å². The lowest BCUT2D eigenvalue weighted by Gasteiger charge is -2.11. The van der Waals surface area contributed by atoms with Crippen molar-refractivity contribution in [3.8, 4) is 11.5 Å². The molecule has 0 bridgehead atoms. The third-order valence-corrected chi connectivity index (χ3v) is 2.58. The molecule has 0 atom stereocenters. The van der Waals surface area contributed by atoms with Gasteiger partial charge in [0.15, 0.2) is 17.4 Å². The minimum Gasteiger partial charge on any atom is -0.451 e. The molecule has 0 N–H and O–H groups in total. The van der Waals surface area contributed by atoms with Crippen LogP contribution in [-0.4, -0.2) is 0 Å². The lowest BCUT2D eigenvalue weighted by Crippen LogP contribution is -2.07. The van der Waals surface area contributed by atoms with Gasteiger partial charge in [0.05, 0.1) is 5.56 Å². The molecule has 1 nitrogen and oxygen atoms in total. The van der Waals surface area contributed by atoms with E-state index >= 15 is 0 Å². The highest BCUT2D eigenvalue weighted by molar-refractivity contribution is 6.30. The Balaban J connectivity index is 2.38. The summed E-state index contributed by atoms with van der Waals surface area (Å²) < 4.78 is 69.0. The van der Waals surface area contributed by atoms with Gasteiger partial charge in [0.1, 0.15) is 5.75 Å². The van der Waals surface area contributed by atoms with E-state index in [9.17, 15) is 22.0 Å². The predicted octanol–water partition coefficient (Wildman–Crippen LogP) is 5.43. The van der Waals surface area contributed by atoms with Crippen molar-refractivity contribution in [2.24, 2.45) is 0 Å². The molecule has 0 unspecified atom stereocenters. The van der Waals surface area contributed by atoms with Crippen LogP contribution in [0.15, 0.2) is 36.4 Å². The molecule has 0 aliphatic rings. The summed E-state index contributed by atoms with van der Waals surface area (Å²) in [5, 5.41) is 0.259. The van der Waals surface area contributed by atoms with E-state index in [1.165, 1.54) is 24.3 Å². The molecule has 0 aromatic heterocycles. The number of benzene rings is 2. The van der Waals surface area contributed by atoms with Gasteiger partial charge in [0, 0.05) is 5.02 Å². The van der Waals surface area contributed by atoms with E-state index in [1.54, 1.807) is 0 Å². The third kappa shape index (κ3) is 3.19. The zero-order valence-corrected chi connectivity index (χ0v) is 10.4. The fourth-order valence-electron chi connectivity index (χ4n) is 1.47. The fraction of sp³-hybridized carbons (Fsp3) is 0.0769. The maximum absolute atomic E-state index is 13.5. The monoisotopic (exact) mass is 308 g/mol. The van der Waals surface area contributed by atoms with Crippen LogP contribution >= 0.6 is 11.6 Å². The van der Waals surface area contributed by atoms with Gasteiger partial charge in [-0.1, -0.05) is 17.7 Å². The highest BCUT2D eigenvalue weighted by Gasteiger charge is 2.33. The molecule has 106 valence electrons. The number of alkyl halides is 3. The highest BCUT2D eigenvalue weighted by Crippen LogP contribution is 2.35. The van der Waals surface area contributed by atoms with E-state index in [1.807, 2.05) is 0 Å². The van der Waals surface area contributed by atoms with E-state index < -0.39 is 29.1 Å². The van der Waals surface area contributed by atoms with Crippen LogP contribution in [0.1, 0.15) is 5.56 Å². The number of ether oxygens (including phenoxy) is 1. The molecule has 0 saturated carbocycles. The molecule has 0 aliphatic carbocycles. The Morgan fingerprint density at radius 1 is 0.950 bits per heavy atom. The Bertz CT molecular complexity index is 616. The normalized spacial score (nSPS) is 11.5. The molecule has 0 fully saturated rings. The number of halogens is 6. The lowest BCUT2D eigenvalue weighted by molar-refractivity contribution is -0.138. The molecule has 2 aromatic rings. The van der Waals surface area contributed by atoms with Crippen molar-refractivity contribution in [3.05, 3.63) is 58.6 Å². The summed E-state index contributed by atoms with van der Waals surface area (Å²) in [5.74, 6) is -3.80. The molecule has 0 amide bonds. The summed E-state index contributed by atoms with van der Waals surface area (Å²) in [6, 6.07) is 5.96. The standard InChI is InChI=1S/C13H6ClF5O/c14-8-2-1-3-9(6-8)20-12-10(15)4-7(5-11(12)16)13(17,18)19/h1-6H. The van der Waals surface area contributed by atoms with Crippen molar-refractivity contribution in [2.45, 2.75) is 6.18 Å². The van der Waals surface area contributed by atoms with Gasteiger partial charge in [-0.25, -0.2) is 8.78 Å². The fourth-order valence-corrected chi connectivity index (χ4v) is 1.65. The van der Waals surface area contributed by atoms with Crippen molar-refractivity contribution in [2.75, 3.05) is 0 Å². The molecule has 0 radical (unpaired) electrons. The Hall–Kier alpha value is -1.82. The van der Waals surface area contributed by atoms with Gasteiger partial charge in [-0.2, -0.15) is 13.2 Å². The van der Waals surface area contributed by atoms with Crippen LogP contribution in [0, 0.1) is 11.6 Å². The first-order chi connectivity index (χ1) is 9.27. The van der Waals surface area contributed by atoms with Gasteiger partial charge in [-0.3, -0.25) is 0 Å². The summed E-state index contributed by atoms with van der Waals surface area (Å²) in [4.78, 5) is 0. The van der Waals surface area contributed by atoms with Gasteiger partial charge in [-0.05, 0) is 30.3 Å². The maximum Gasteiger partial charge on any atom is 0.416 e. The Morgan fingerprint density at radius 3 is 2.05 bits per heavy atom. The van der Waals surface area contributed by atoms with E-state index in [4.69, 9.17) is 16.3 Å². The summed E-state index contributed by atoms with van der Waals surface area (Å²) in [6.45, 7) is 0. The van der Waals surface area contributed by atoms with E-state index in [2.05, 4.69) is 0 Å². The molecule has 20 heavy (non-hydrogen) atoms. The molecule has 0 saturated heterocycles. The first kappa shape index (κ1) is 14.6. The summed E-state index contributed by atoms with van der Waals surface area (Å²) in [7, 11) is 0. The molecule has 2 rings (SSSR count). The zero-order chi connectivity index (χ0) is 14.9. The van der Waals surface area contributed by atoms with Crippen LogP contribution in [-0.2, 0) is 6.18 Å². The quantitative estimate of drug-likeness (QED) is 0.672. The average molecular weight is 309 g/mol. The number of rotatable bonds is 2. The predicted molar refractivity (Wildman–Crippen MR) is 62.9 cm³/mol. The molecule has 0 aliphatic heterocycles. The van der Waals surface area contributed by atoms with Crippen LogP contribution in [0.4, 0.5) is 22.0 Å². The van der Waals surface area contributed by atoms with Gasteiger partial charge in [0.2, 0.25) is 0 Å². The minimum absolute atomic E-state index is 0.00931. The number of hydrogen-bond acceptors (Lipinski definition) is 1. The summed E-state index contributed by atoms with van der Waals surface area (Å²) in [6.07, 6.45) is -4.84. The van der Waals surface area contributed by atoms with Crippen molar-refractivity contribution in [3.63, 3.8) is 0 Å². The van der Waals surface area contributed by atoms with Crippen molar-refractivity contribution in [1.82, 2.24) is 0 Å². The van der Waals surface area contributed by atoms with E-state index in [0.717, 1.165) is 0 Å². The zero-order valence-electron chi connectivity index (χ0n) is 9.64. The molecule has 0 spiro atoms. The Labute approximate surface area is 115 Å². The van der Waals surface area contributed by atoms with Crippen LogP contribution in [0.5, 0.6) is 11.5 Å². The first-order valence-corrected chi connectivity index (χ1v) is 5.65. The van der Waals surface area contributed by atoms with Crippen molar-refractivity contribution >= 4 is 11.6 Å². The second-order valence-electron chi connectivity index (χ2n) is 3.83. The smallest absolute Gasteiger partial charge is 0.416 e. The highest BCUT2D eigenvalue weighted by atomic mass is 35.5. The maximum atomic E-state index is 13.5. The molecule has 2 aromatic carbocycles. The Kier molecular flexibility index (Phi) is 3.85. The van der Waals surface area contributed by atoms with Gasteiger partial charge < -0.3 is 4.74 Å². The van der Waals surface area contributed by atoms with Gasteiger partial charge in [-0.15, -0.1) is 0 Å². The van der Waals surface area contributed by atoms with Crippen LogP contribution in [0.2, 0.25) is 5.02 Å². The average Bonchev–Trinajstić information content (AvgIpc) is 2.32. The minimum atomic E-state index is -4.84. The summed E-state index contributed by atoms with van der Waals surface area (Å²) in [5.41, 5.74) is -1.43. The third-order valence-electron chi connectivity index (χ3n) is 2.34. The Morgan fingerprint density at radius 2 is 1.55 bits per heavy atom. The van der Waals surface area contributed by atoms with Crippen LogP contribution in [0.3, 0.4) is 0 Å². The van der Waals surface area contributed by atoms with Gasteiger partial charge in [0.25, 0.3) is 0 Å².